The molecule has 0 spiro atoms. The van der Waals surface area contributed by atoms with E-state index < -0.39 is 16.7 Å². The molecule has 0 saturated heterocycles. The maximum Gasteiger partial charge on any atom is 0.270 e. The zero-order valence-corrected chi connectivity index (χ0v) is 13.1. The number of non-ortho nitro benzene ring substituents is 1. The fraction of sp³-hybridized carbons (Fsp3) is 0.176. The van der Waals surface area contributed by atoms with Crippen LogP contribution >= 0.6 is 0 Å². The monoisotopic (exact) mass is 326 g/mol. The van der Waals surface area contributed by atoms with Crippen LogP contribution in [-0.2, 0) is 6.54 Å². The summed E-state index contributed by atoms with van der Waals surface area (Å²) in [7, 11) is 1.89. The highest BCUT2D eigenvalue weighted by molar-refractivity contribution is 6.21. The lowest BCUT2D eigenvalue weighted by molar-refractivity contribution is -0.901. The van der Waals surface area contributed by atoms with Crippen molar-refractivity contribution in [3.8, 4) is 0 Å². The topological polar surface area (TPSA) is 85.0 Å². The number of nitrogens with one attached hydrogen (secondary N) is 1. The Morgan fingerprint density at radius 1 is 1.04 bits per heavy atom. The minimum Gasteiger partial charge on any atom is -0.316 e. The summed E-state index contributed by atoms with van der Waals surface area (Å²) in [5, 5.41) is 10.8. The normalized spacial score (nSPS) is 14.6. The van der Waals surface area contributed by atoms with E-state index in [1.807, 2.05) is 37.4 Å². The Hall–Kier alpha value is -3.06. The molecule has 0 aromatic heterocycles. The fourth-order valence-electron chi connectivity index (χ4n) is 2.81. The highest BCUT2D eigenvalue weighted by Crippen LogP contribution is 2.26. The van der Waals surface area contributed by atoms with Gasteiger partial charge in [0.2, 0.25) is 0 Å². The summed E-state index contributed by atoms with van der Waals surface area (Å²) in [6.07, 6.45) is 0. The molecule has 2 amide bonds. The first-order valence-electron chi connectivity index (χ1n) is 7.47. The zero-order chi connectivity index (χ0) is 17.3. The van der Waals surface area contributed by atoms with Gasteiger partial charge in [0.1, 0.15) is 6.54 Å². The van der Waals surface area contributed by atoms with Gasteiger partial charge in [0, 0.05) is 17.7 Å². The van der Waals surface area contributed by atoms with Gasteiger partial charge >= 0.3 is 0 Å². The molecule has 7 heteroatoms. The van der Waals surface area contributed by atoms with E-state index in [0.717, 1.165) is 15.4 Å². The molecule has 1 aliphatic rings. The number of carbonyl (C=O) groups is 2. The van der Waals surface area contributed by atoms with E-state index in [-0.39, 0.29) is 23.5 Å². The Morgan fingerprint density at radius 2 is 1.71 bits per heavy atom. The second-order valence-corrected chi connectivity index (χ2v) is 5.80. The number of nitrogens with zero attached hydrogens (tertiary/aromatic N) is 2. The number of quaternary nitrogens is 1. The number of fused-ring (bicyclic) bond motifs is 1. The summed E-state index contributed by atoms with van der Waals surface area (Å²) in [4.78, 5) is 37.2. The van der Waals surface area contributed by atoms with Crippen LogP contribution in [0.3, 0.4) is 0 Å². The lowest BCUT2D eigenvalue weighted by atomic mass is 10.1. The summed E-state index contributed by atoms with van der Waals surface area (Å²) in [6, 6.07) is 13.5. The molecule has 1 heterocycles. The van der Waals surface area contributed by atoms with Crippen molar-refractivity contribution in [1.29, 1.82) is 0 Å². The number of carbonyl (C=O) groups excluding carboxylic acids is 2. The lowest BCUT2D eigenvalue weighted by Crippen LogP contribution is -3.09. The molecule has 1 unspecified atom stereocenters. The van der Waals surface area contributed by atoms with Gasteiger partial charge in [-0.15, -0.1) is 0 Å². The standard InChI is InChI=1S/C17H15N3O4/c1-18(10-12-5-3-2-4-6-12)11-19-16(21)14-8-7-13(20(23)24)9-15(14)17(19)22/h2-9H,10-11H2,1H3/p+1. The molecule has 1 N–H and O–H groups in total. The Labute approximate surface area is 138 Å². The van der Waals surface area contributed by atoms with E-state index in [1.54, 1.807) is 0 Å². The zero-order valence-electron chi connectivity index (χ0n) is 13.1. The van der Waals surface area contributed by atoms with Crippen LogP contribution in [0.1, 0.15) is 26.3 Å². The van der Waals surface area contributed by atoms with Gasteiger partial charge in [0.15, 0.2) is 6.67 Å². The van der Waals surface area contributed by atoms with Crippen molar-refractivity contribution < 1.29 is 19.4 Å². The van der Waals surface area contributed by atoms with Crippen LogP contribution in [0.4, 0.5) is 5.69 Å². The fourth-order valence-corrected chi connectivity index (χ4v) is 2.81. The van der Waals surface area contributed by atoms with Crippen LogP contribution in [0, 0.1) is 10.1 Å². The molecule has 0 bridgehead atoms. The van der Waals surface area contributed by atoms with Crippen molar-refractivity contribution in [2.75, 3.05) is 13.7 Å². The van der Waals surface area contributed by atoms with E-state index >= 15 is 0 Å². The van der Waals surface area contributed by atoms with Gasteiger partial charge in [-0.3, -0.25) is 19.7 Å². The first kappa shape index (κ1) is 15.8. The third-order valence-electron chi connectivity index (χ3n) is 3.94. The van der Waals surface area contributed by atoms with Crippen molar-refractivity contribution in [3.63, 3.8) is 0 Å². The average Bonchev–Trinajstić information content (AvgIpc) is 2.80. The molecule has 2 aromatic carbocycles. The van der Waals surface area contributed by atoms with Gasteiger partial charge in [0.05, 0.1) is 23.1 Å². The van der Waals surface area contributed by atoms with Crippen molar-refractivity contribution in [2.24, 2.45) is 0 Å². The first-order valence-corrected chi connectivity index (χ1v) is 7.47. The van der Waals surface area contributed by atoms with E-state index in [9.17, 15) is 19.7 Å². The van der Waals surface area contributed by atoms with Crippen LogP contribution < -0.4 is 4.90 Å². The molecule has 1 aliphatic heterocycles. The van der Waals surface area contributed by atoms with Crippen LogP contribution in [0.2, 0.25) is 0 Å². The number of nitro benzene ring substituents is 1. The predicted octanol–water partition coefficient (Wildman–Crippen LogP) is 0.863. The number of hydrogen-bond donors (Lipinski definition) is 1. The Morgan fingerprint density at radius 3 is 2.38 bits per heavy atom. The van der Waals surface area contributed by atoms with Crippen molar-refractivity contribution in [3.05, 3.63) is 75.3 Å². The molecule has 24 heavy (non-hydrogen) atoms. The van der Waals surface area contributed by atoms with E-state index in [0.29, 0.717) is 6.54 Å². The molecule has 2 aromatic rings. The summed E-state index contributed by atoms with van der Waals surface area (Å²) in [5.74, 6) is -0.886. The summed E-state index contributed by atoms with van der Waals surface area (Å²) in [5.41, 5.74) is 1.23. The second-order valence-electron chi connectivity index (χ2n) is 5.80. The first-order chi connectivity index (χ1) is 11.5. The highest BCUT2D eigenvalue weighted by atomic mass is 16.6. The van der Waals surface area contributed by atoms with Crippen molar-refractivity contribution in [1.82, 2.24) is 4.90 Å². The third-order valence-corrected chi connectivity index (χ3v) is 3.94. The SMILES string of the molecule is C[NH+](Cc1ccccc1)CN1C(=O)c2ccc([N+](=O)[O-])cc2C1=O. The van der Waals surface area contributed by atoms with Crippen molar-refractivity contribution >= 4 is 17.5 Å². The van der Waals surface area contributed by atoms with Crippen LogP contribution in [0.5, 0.6) is 0 Å². The molecule has 122 valence electrons. The Balaban J connectivity index is 1.77. The molecule has 1 atom stereocenters. The second kappa shape index (κ2) is 6.21. The molecule has 0 fully saturated rings. The molecule has 3 rings (SSSR count). The maximum atomic E-state index is 12.4. The molecule has 7 nitrogen and oxygen atoms in total. The molecular formula is C17H16N3O4+. The third kappa shape index (κ3) is 2.89. The minimum absolute atomic E-state index is 0.0988. The van der Waals surface area contributed by atoms with Crippen molar-refractivity contribution in [2.45, 2.75) is 6.54 Å². The summed E-state index contributed by atoms with van der Waals surface area (Å²) < 4.78 is 0. The summed E-state index contributed by atoms with van der Waals surface area (Å²) in [6.45, 7) is 0.865. The van der Waals surface area contributed by atoms with E-state index in [2.05, 4.69) is 0 Å². The number of hydrogen-bond acceptors (Lipinski definition) is 4. The van der Waals surface area contributed by atoms with Crippen LogP contribution in [-0.4, -0.2) is 35.4 Å². The van der Waals surface area contributed by atoms with Gasteiger partial charge in [-0.25, -0.2) is 4.90 Å². The maximum absolute atomic E-state index is 12.4. The van der Waals surface area contributed by atoms with Gasteiger partial charge in [-0.05, 0) is 6.07 Å². The lowest BCUT2D eigenvalue weighted by Gasteiger charge is -2.20. The van der Waals surface area contributed by atoms with Gasteiger partial charge < -0.3 is 4.90 Å². The van der Waals surface area contributed by atoms with Crippen LogP contribution in [0.25, 0.3) is 0 Å². The highest BCUT2D eigenvalue weighted by Gasteiger charge is 2.38. The number of amides is 2. The molecule has 0 saturated carbocycles. The Kier molecular flexibility index (Phi) is 4.09. The summed E-state index contributed by atoms with van der Waals surface area (Å²) >= 11 is 0. The number of rotatable bonds is 5. The van der Waals surface area contributed by atoms with Crippen LogP contribution in [0.15, 0.2) is 48.5 Å². The van der Waals surface area contributed by atoms with E-state index in [4.69, 9.17) is 0 Å². The molecule has 0 radical (unpaired) electrons. The van der Waals surface area contributed by atoms with Gasteiger partial charge in [0.25, 0.3) is 17.5 Å². The number of nitro groups is 1. The smallest absolute Gasteiger partial charge is 0.270 e. The average molecular weight is 326 g/mol. The minimum atomic E-state index is -0.576. The van der Waals surface area contributed by atoms with Gasteiger partial charge in [-0.2, -0.15) is 0 Å². The van der Waals surface area contributed by atoms with E-state index in [1.165, 1.54) is 18.2 Å². The molecule has 0 aliphatic carbocycles. The predicted molar refractivity (Wildman–Crippen MR) is 85.5 cm³/mol. The van der Waals surface area contributed by atoms with Gasteiger partial charge in [-0.1, -0.05) is 30.3 Å². The largest absolute Gasteiger partial charge is 0.316 e. The number of benzene rings is 2. The molecular weight excluding hydrogens is 310 g/mol. The Bertz CT molecular complexity index is 820. The quantitative estimate of drug-likeness (QED) is 0.502. The number of imide groups is 1.